The number of nitrogens with one attached hydrogen (secondary N) is 1. The molecule has 2 atom stereocenters. The van der Waals surface area contributed by atoms with Gasteiger partial charge in [-0.25, -0.2) is 4.79 Å². The van der Waals surface area contributed by atoms with E-state index < -0.39 is 11.3 Å². The Morgan fingerprint density at radius 3 is 2.50 bits per heavy atom. The lowest BCUT2D eigenvalue weighted by Crippen LogP contribution is -2.48. The molecule has 2 unspecified atom stereocenters. The first-order valence-corrected chi connectivity index (χ1v) is 7.29. The maximum Gasteiger partial charge on any atom is 0.324 e. The van der Waals surface area contributed by atoms with Crippen molar-refractivity contribution in [3.05, 3.63) is 0 Å². The summed E-state index contributed by atoms with van der Waals surface area (Å²) in [4.78, 5) is 25.4. The Kier molecular flexibility index (Phi) is 4.49. The topological polar surface area (TPSA) is 49.4 Å². The van der Waals surface area contributed by atoms with Gasteiger partial charge in [0.2, 0.25) is 5.91 Å². The molecule has 4 nitrogen and oxygen atoms in total. The van der Waals surface area contributed by atoms with Crippen LogP contribution in [0.3, 0.4) is 0 Å². The van der Waals surface area contributed by atoms with E-state index in [0.717, 1.165) is 19.4 Å². The van der Waals surface area contributed by atoms with Gasteiger partial charge in [-0.15, -0.1) is 11.6 Å². The average Bonchev–Trinajstić information content (AvgIpc) is 2.99. The van der Waals surface area contributed by atoms with Gasteiger partial charge >= 0.3 is 6.03 Å². The molecule has 102 valence electrons. The molecule has 2 rings (SSSR count). The third-order valence-electron chi connectivity index (χ3n) is 4.10. The third kappa shape index (κ3) is 2.97. The van der Waals surface area contributed by atoms with Crippen molar-refractivity contribution < 1.29 is 9.59 Å². The number of carbonyl (C=O) groups excluding carboxylic acids is 2. The Hall–Kier alpha value is -0.770. The molecule has 0 bridgehead atoms. The second-order valence-electron chi connectivity index (χ2n) is 5.36. The highest BCUT2D eigenvalue weighted by Crippen LogP contribution is 2.35. The van der Waals surface area contributed by atoms with Gasteiger partial charge in [-0.3, -0.25) is 10.1 Å². The molecule has 0 aromatic rings. The second-order valence-corrected chi connectivity index (χ2v) is 6.01. The molecule has 0 spiro atoms. The van der Waals surface area contributed by atoms with Crippen LogP contribution in [0.4, 0.5) is 4.79 Å². The molecule has 0 aromatic heterocycles. The number of urea groups is 1. The number of amides is 3. The molecule has 1 saturated carbocycles. The van der Waals surface area contributed by atoms with Crippen LogP contribution in [-0.4, -0.2) is 34.8 Å². The van der Waals surface area contributed by atoms with Gasteiger partial charge in [0.15, 0.2) is 0 Å². The molecule has 1 heterocycles. The number of halogens is 1. The summed E-state index contributed by atoms with van der Waals surface area (Å²) >= 11 is 5.66. The van der Waals surface area contributed by atoms with E-state index in [2.05, 4.69) is 5.32 Å². The monoisotopic (exact) mass is 272 g/mol. The molecular formula is C13H21ClN2O2. The van der Waals surface area contributed by atoms with Crippen molar-refractivity contribution >= 4 is 23.5 Å². The molecule has 18 heavy (non-hydrogen) atoms. The fourth-order valence-corrected chi connectivity index (χ4v) is 3.21. The number of rotatable bonds is 2. The molecule has 1 aliphatic carbocycles. The highest BCUT2D eigenvalue weighted by atomic mass is 35.5. The zero-order chi connectivity index (χ0) is 13.1. The minimum absolute atomic E-state index is 0.262. The van der Waals surface area contributed by atoms with E-state index in [0.29, 0.717) is 12.0 Å². The zero-order valence-corrected chi connectivity index (χ0v) is 11.6. The maximum absolute atomic E-state index is 12.1. The van der Waals surface area contributed by atoms with Crippen LogP contribution in [0.2, 0.25) is 0 Å². The molecule has 5 heteroatoms. The predicted molar refractivity (Wildman–Crippen MR) is 70.5 cm³/mol. The smallest absolute Gasteiger partial charge is 0.321 e. The Morgan fingerprint density at radius 2 is 1.89 bits per heavy atom. The molecule has 1 N–H and O–H groups in total. The van der Waals surface area contributed by atoms with Crippen LogP contribution in [-0.2, 0) is 4.79 Å². The standard InChI is InChI=1S/C13H21ClN2O2/c1-9(14)12(17)15-13(18)16-8-4-7-11(16)10-5-2-3-6-10/h9-11H,2-8H2,1H3,(H,15,17,18). The summed E-state index contributed by atoms with van der Waals surface area (Å²) in [6.07, 6.45) is 7.09. The molecule has 1 saturated heterocycles. The summed E-state index contributed by atoms with van der Waals surface area (Å²) in [5.41, 5.74) is 0. The van der Waals surface area contributed by atoms with E-state index in [1.807, 2.05) is 4.90 Å². The van der Waals surface area contributed by atoms with Gasteiger partial charge in [0, 0.05) is 12.6 Å². The van der Waals surface area contributed by atoms with Crippen molar-refractivity contribution in [1.82, 2.24) is 10.2 Å². The van der Waals surface area contributed by atoms with Crippen molar-refractivity contribution in [3.63, 3.8) is 0 Å². The number of carbonyl (C=O) groups is 2. The number of alkyl halides is 1. The van der Waals surface area contributed by atoms with Gasteiger partial charge in [0.05, 0.1) is 0 Å². The summed E-state index contributed by atoms with van der Waals surface area (Å²) in [7, 11) is 0. The third-order valence-corrected chi connectivity index (χ3v) is 4.29. The Labute approximate surface area is 113 Å². The highest BCUT2D eigenvalue weighted by molar-refractivity contribution is 6.31. The van der Waals surface area contributed by atoms with Crippen molar-refractivity contribution in [2.24, 2.45) is 5.92 Å². The summed E-state index contributed by atoms with van der Waals surface area (Å²) in [6, 6.07) is 0.0628. The normalized spacial score (nSPS) is 26.3. The van der Waals surface area contributed by atoms with E-state index in [1.54, 1.807) is 6.92 Å². The number of nitrogens with zero attached hydrogens (tertiary/aromatic N) is 1. The van der Waals surface area contributed by atoms with Gasteiger partial charge in [-0.1, -0.05) is 12.8 Å². The molecule has 1 aliphatic heterocycles. The lowest BCUT2D eigenvalue weighted by Gasteiger charge is -2.29. The molecule has 3 amide bonds. The number of imide groups is 1. The van der Waals surface area contributed by atoms with Gasteiger partial charge < -0.3 is 4.90 Å². The molecule has 2 aliphatic rings. The van der Waals surface area contributed by atoms with Gasteiger partial charge in [0.1, 0.15) is 5.38 Å². The minimum Gasteiger partial charge on any atom is -0.321 e. The van der Waals surface area contributed by atoms with Crippen molar-refractivity contribution in [3.8, 4) is 0 Å². The van der Waals surface area contributed by atoms with Gasteiger partial charge in [-0.05, 0) is 38.5 Å². The fraction of sp³-hybridized carbons (Fsp3) is 0.846. The SMILES string of the molecule is CC(Cl)C(=O)NC(=O)N1CCCC1C1CCCC1. The van der Waals surface area contributed by atoms with Gasteiger partial charge in [-0.2, -0.15) is 0 Å². The van der Waals surface area contributed by atoms with Crippen LogP contribution in [0.15, 0.2) is 0 Å². The number of likely N-dealkylation sites (tertiary alicyclic amines) is 1. The van der Waals surface area contributed by atoms with E-state index >= 15 is 0 Å². The van der Waals surface area contributed by atoms with Crippen LogP contribution < -0.4 is 5.32 Å². The van der Waals surface area contributed by atoms with Crippen LogP contribution >= 0.6 is 11.6 Å². The maximum atomic E-state index is 12.1. The Balaban J connectivity index is 1.93. The molecule has 2 fully saturated rings. The first kappa shape index (κ1) is 13.7. The van der Waals surface area contributed by atoms with E-state index in [9.17, 15) is 9.59 Å². The quantitative estimate of drug-likeness (QED) is 0.785. The number of hydrogen-bond acceptors (Lipinski definition) is 2. The lowest BCUT2D eigenvalue weighted by atomic mass is 9.96. The number of hydrogen-bond donors (Lipinski definition) is 1. The van der Waals surface area contributed by atoms with E-state index in [4.69, 9.17) is 11.6 Å². The first-order valence-electron chi connectivity index (χ1n) is 6.85. The predicted octanol–water partition coefficient (Wildman–Crippen LogP) is 2.50. The molecule has 0 aromatic carbocycles. The van der Waals surface area contributed by atoms with Gasteiger partial charge in [0.25, 0.3) is 0 Å². The van der Waals surface area contributed by atoms with Crippen molar-refractivity contribution in [1.29, 1.82) is 0 Å². The summed E-state index contributed by atoms with van der Waals surface area (Å²) < 4.78 is 0. The molecular weight excluding hydrogens is 252 g/mol. The Morgan fingerprint density at radius 1 is 1.22 bits per heavy atom. The van der Waals surface area contributed by atoms with Crippen LogP contribution in [0, 0.1) is 5.92 Å². The Bertz CT molecular complexity index is 327. The molecule has 0 radical (unpaired) electrons. The minimum atomic E-state index is -0.665. The van der Waals surface area contributed by atoms with Crippen molar-refractivity contribution in [2.75, 3.05) is 6.54 Å². The lowest BCUT2D eigenvalue weighted by molar-refractivity contribution is -0.119. The van der Waals surface area contributed by atoms with Crippen molar-refractivity contribution in [2.45, 2.75) is 56.9 Å². The zero-order valence-electron chi connectivity index (χ0n) is 10.8. The first-order chi connectivity index (χ1) is 8.59. The largest absolute Gasteiger partial charge is 0.324 e. The van der Waals surface area contributed by atoms with Crippen LogP contribution in [0.25, 0.3) is 0 Å². The summed E-state index contributed by atoms with van der Waals surface area (Å²) in [5, 5.41) is 1.73. The van der Waals surface area contributed by atoms with E-state index in [1.165, 1.54) is 25.7 Å². The summed E-state index contributed by atoms with van der Waals surface area (Å²) in [5.74, 6) is 0.223. The van der Waals surface area contributed by atoms with Crippen LogP contribution in [0.5, 0.6) is 0 Å². The summed E-state index contributed by atoms with van der Waals surface area (Å²) in [6.45, 7) is 2.33. The highest BCUT2D eigenvalue weighted by Gasteiger charge is 2.36. The average molecular weight is 273 g/mol. The fourth-order valence-electron chi connectivity index (χ4n) is 3.15. The second kappa shape index (κ2) is 5.91. The van der Waals surface area contributed by atoms with E-state index in [-0.39, 0.29) is 6.03 Å². The van der Waals surface area contributed by atoms with Crippen LogP contribution in [0.1, 0.15) is 45.4 Å².